The molecule has 1 aromatic rings. The number of aryl methyl sites for hydroxylation is 1. The summed E-state index contributed by atoms with van der Waals surface area (Å²) in [6.07, 6.45) is 2.46. The molecule has 1 heterocycles. The molecule has 6 nitrogen and oxygen atoms in total. The molecule has 0 radical (unpaired) electrons. The predicted octanol–water partition coefficient (Wildman–Crippen LogP) is 1.74. The molecule has 7 heteroatoms. The molecular weight excluding hydrogens is 367 g/mol. The van der Waals surface area contributed by atoms with Crippen LogP contribution in [0.4, 0.5) is 0 Å². The van der Waals surface area contributed by atoms with Gasteiger partial charge in [0.1, 0.15) is 12.4 Å². The van der Waals surface area contributed by atoms with E-state index in [1.54, 1.807) is 0 Å². The number of aliphatic imine (C=N–C) groups is 1. The first kappa shape index (κ1) is 17.2. The number of guanidine groups is 1. The highest BCUT2D eigenvalue weighted by atomic mass is 127. The Hall–Kier alpha value is -0.860. The zero-order valence-corrected chi connectivity index (χ0v) is 15.2. The topological polar surface area (TPSA) is 67.1 Å². The number of nitrogens with one attached hydrogen (secondary N) is 2. The minimum absolute atomic E-state index is 0. The summed E-state index contributed by atoms with van der Waals surface area (Å²) in [6.45, 7) is 8.86. The fourth-order valence-electron chi connectivity index (χ4n) is 1.64. The Morgan fingerprint density at radius 3 is 2.45 bits per heavy atom. The zero-order valence-electron chi connectivity index (χ0n) is 12.9. The van der Waals surface area contributed by atoms with Crippen LogP contribution < -0.4 is 10.6 Å². The van der Waals surface area contributed by atoms with Gasteiger partial charge in [0, 0.05) is 18.6 Å². The average molecular weight is 392 g/mol. The summed E-state index contributed by atoms with van der Waals surface area (Å²) in [5.41, 5.74) is -0.00345. The number of hydrogen-bond acceptors (Lipinski definition) is 3. The van der Waals surface area contributed by atoms with Gasteiger partial charge in [-0.25, -0.2) is 4.99 Å². The Morgan fingerprint density at radius 1 is 1.35 bits per heavy atom. The van der Waals surface area contributed by atoms with E-state index in [9.17, 15) is 0 Å². The lowest BCUT2D eigenvalue weighted by atomic mass is 10.1. The monoisotopic (exact) mass is 392 g/mol. The first-order chi connectivity index (χ1) is 8.85. The van der Waals surface area contributed by atoms with Gasteiger partial charge in [0.2, 0.25) is 0 Å². The van der Waals surface area contributed by atoms with Gasteiger partial charge in [-0.15, -0.1) is 34.2 Å². The molecule has 0 spiro atoms. The Labute approximate surface area is 137 Å². The van der Waals surface area contributed by atoms with E-state index in [2.05, 4.69) is 46.6 Å². The second-order valence-corrected chi connectivity index (χ2v) is 6.18. The van der Waals surface area contributed by atoms with Crippen LogP contribution in [0, 0.1) is 6.92 Å². The molecular formula is C13H25IN6. The summed E-state index contributed by atoms with van der Waals surface area (Å²) in [6, 6.07) is 0.579. The van der Waals surface area contributed by atoms with Crippen molar-refractivity contribution in [3.05, 3.63) is 11.6 Å². The summed E-state index contributed by atoms with van der Waals surface area (Å²) in [5.74, 6) is 2.64. The smallest absolute Gasteiger partial charge is 0.192 e. The first-order valence-electron chi connectivity index (χ1n) is 6.79. The quantitative estimate of drug-likeness (QED) is 0.467. The highest BCUT2D eigenvalue weighted by Crippen LogP contribution is 2.18. The standard InChI is InChI=1S/C13H24N6.HI/c1-9-17-18-11(19(9)5)8-14-12(15-10-6-7-10)16-13(2,3)4;/h10H,6-8H2,1-5H3,(H2,14,15,16);1H. The predicted molar refractivity (Wildman–Crippen MR) is 91.3 cm³/mol. The summed E-state index contributed by atoms with van der Waals surface area (Å²) in [7, 11) is 1.96. The molecule has 0 aliphatic heterocycles. The van der Waals surface area contributed by atoms with Gasteiger partial charge in [0.25, 0.3) is 0 Å². The number of hydrogen-bond donors (Lipinski definition) is 2. The molecule has 1 aliphatic carbocycles. The highest BCUT2D eigenvalue weighted by Gasteiger charge is 2.24. The largest absolute Gasteiger partial charge is 0.354 e. The molecule has 1 saturated carbocycles. The maximum atomic E-state index is 4.60. The van der Waals surface area contributed by atoms with Crippen LogP contribution in [0.2, 0.25) is 0 Å². The summed E-state index contributed by atoms with van der Waals surface area (Å²) >= 11 is 0. The van der Waals surface area contributed by atoms with Crippen LogP contribution in [0.5, 0.6) is 0 Å². The summed E-state index contributed by atoms with van der Waals surface area (Å²) < 4.78 is 1.97. The number of nitrogens with zero attached hydrogens (tertiary/aromatic N) is 4. The fraction of sp³-hybridized carbons (Fsp3) is 0.769. The third kappa shape index (κ3) is 5.26. The van der Waals surface area contributed by atoms with Crippen LogP contribution in [0.3, 0.4) is 0 Å². The van der Waals surface area contributed by atoms with Crippen molar-refractivity contribution in [2.45, 2.75) is 58.7 Å². The van der Waals surface area contributed by atoms with Gasteiger partial charge in [-0.05, 0) is 40.5 Å². The number of rotatable bonds is 3. The lowest BCUT2D eigenvalue weighted by Crippen LogP contribution is -2.48. The molecule has 1 fully saturated rings. The molecule has 2 rings (SSSR count). The third-order valence-electron chi connectivity index (χ3n) is 2.97. The van der Waals surface area contributed by atoms with Crippen molar-refractivity contribution in [1.82, 2.24) is 25.4 Å². The molecule has 0 unspecified atom stereocenters. The van der Waals surface area contributed by atoms with Gasteiger partial charge in [-0.1, -0.05) is 0 Å². The lowest BCUT2D eigenvalue weighted by molar-refractivity contribution is 0.500. The van der Waals surface area contributed by atoms with Crippen molar-refractivity contribution < 1.29 is 0 Å². The van der Waals surface area contributed by atoms with E-state index in [-0.39, 0.29) is 29.5 Å². The molecule has 20 heavy (non-hydrogen) atoms. The molecule has 1 aliphatic rings. The second kappa shape index (κ2) is 6.73. The van der Waals surface area contributed by atoms with Crippen molar-refractivity contribution in [3.8, 4) is 0 Å². The van der Waals surface area contributed by atoms with Crippen molar-refractivity contribution >= 4 is 29.9 Å². The molecule has 0 atom stereocenters. The van der Waals surface area contributed by atoms with E-state index >= 15 is 0 Å². The molecule has 0 aromatic carbocycles. The van der Waals surface area contributed by atoms with Crippen molar-refractivity contribution in [1.29, 1.82) is 0 Å². The molecule has 1 aromatic heterocycles. The van der Waals surface area contributed by atoms with E-state index < -0.39 is 0 Å². The van der Waals surface area contributed by atoms with Gasteiger partial charge in [0.05, 0.1) is 0 Å². The number of halogens is 1. The molecule has 0 saturated heterocycles. The van der Waals surface area contributed by atoms with E-state index in [0.29, 0.717) is 12.6 Å². The Balaban J connectivity index is 0.00000200. The molecule has 2 N–H and O–H groups in total. The normalized spacial score (nSPS) is 15.8. The van der Waals surface area contributed by atoms with Crippen LogP contribution in [-0.4, -0.2) is 32.3 Å². The lowest BCUT2D eigenvalue weighted by Gasteiger charge is -2.24. The Kier molecular flexibility index (Phi) is 5.79. The van der Waals surface area contributed by atoms with Gasteiger partial charge >= 0.3 is 0 Å². The van der Waals surface area contributed by atoms with E-state index in [1.165, 1.54) is 12.8 Å². The van der Waals surface area contributed by atoms with Crippen molar-refractivity contribution in [2.24, 2.45) is 12.0 Å². The minimum atomic E-state index is -0.00345. The molecule has 114 valence electrons. The second-order valence-electron chi connectivity index (χ2n) is 6.18. The van der Waals surface area contributed by atoms with Crippen LogP contribution in [0.15, 0.2) is 4.99 Å². The maximum absolute atomic E-state index is 4.60. The molecule has 0 bridgehead atoms. The van der Waals surface area contributed by atoms with Gasteiger partial charge in [0.15, 0.2) is 11.8 Å². The van der Waals surface area contributed by atoms with Crippen LogP contribution >= 0.6 is 24.0 Å². The Bertz CT molecular complexity index is 470. The third-order valence-corrected chi connectivity index (χ3v) is 2.97. The van der Waals surface area contributed by atoms with Crippen molar-refractivity contribution in [2.75, 3.05) is 0 Å². The van der Waals surface area contributed by atoms with Gasteiger partial charge in [-0.3, -0.25) is 0 Å². The van der Waals surface area contributed by atoms with E-state index in [0.717, 1.165) is 17.6 Å². The fourth-order valence-corrected chi connectivity index (χ4v) is 1.64. The SMILES string of the molecule is Cc1nnc(CN=C(NC2CC2)NC(C)(C)C)n1C.I. The van der Waals surface area contributed by atoms with Crippen LogP contribution in [0.25, 0.3) is 0 Å². The van der Waals surface area contributed by atoms with E-state index in [4.69, 9.17) is 0 Å². The van der Waals surface area contributed by atoms with E-state index in [1.807, 2.05) is 18.5 Å². The van der Waals surface area contributed by atoms with Crippen LogP contribution in [-0.2, 0) is 13.6 Å². The van der Waals surface area contributed by atoms with Gasteiger partial charge in [-0.2, -0.15) is 0 Å². The summed E-state index contributed by atoms with van der Waals surface area (Å²) in [5, 5.41) is 15.0. The minimum Gasteiger partial charge on any atom is -0.354 e. The van der Waals surface area contributed by atoms with Crippen LogP contribution in [0.1, 0.15) is 45.3 Å². The molecule has 0 amide bonds. The maximum Gasteiger partial charge on any atom is 0.192 e. The zero-order chi connectivity index (χ0) is 14.0. The first-order valence-corrected chi connectivity index (χ1v) is 6.79. The number of aromatic nitrogens is 3. The van der Waals surface area contributed by atoms with Crippen molar-refractivity contribution in [3.63, 3.8) is 0 Å². The Morgan fingerprint density at radius 2 is 2.00 bits per heavy atom. The highest BCUT2D eigenvalue weighted by molar-refractivity contribution is 14.0. The van der Waals surface area contributed by atoms with Gasteiger partial charge < -0.3 is 15.2 Å². The average Bonchev–Trinajstić information content (AvgIpc) is 3.04. The summed E-state index contributed by atoms with van der Waals surface area (Å²) in [4.78, 5) is 4.60.